The highest BCUT2D eigenvalue weighted by Crippen LogP contribution is 2.07. The van der Waals surface area contributed by atoms with Gasteiger partial charge in [0.1, 0.15) is 0 Å². The van der Waals surface area contributed by atoms with Crippen LogP contribution in [0.15, 0.2) is 30.3 Å². The van der Waals surface area contributed by atoms with E-state index >= 15 is 0 Å². The first-order chi connectivity index (χ1) is 7.54. The van der Waals surface area contributed by atoms with E-state index in [2.05, 4.69) is 5.32 Å². The van der Waals surface area contributed by atoms with Gasteiger partial charge in [-0.25, -0.2) is 8.42 Å². The molecule has 0 spiro atoms. The van der Waals surface area contributed by atoms with Gasteiger partial charge >= 0.3 is 0 Å². The van der Waals surface area contributed by atoms with E-state index in [4.69, 9.17) is 0 Å². The lowest BCUT2D eigenvalue weighted by Crippen LogP contribution is -2.34. The SMILES string of the molecule is CNCCN(Cc1ccccc1)S(C)(=O)=O. The van der Waals surface area contributed by atoms with E-state index in [1.165, 1.54) is 10.6 Å². The Balaban J connectivity index is 2.72. The summed E-state index contributed by atoms with van der Waals surface area (Å²) in [5.74, 6) is 0. The predicted octanol–water partition coefficient (Wildman–Crippen LogP) is 0.668. The van der Waals surface area contributed by atoms with Crippen molar-refractivity contribution in [3.8, 4) is 0 Å². The molecule has 1 aromatic rings. The molecule has 0 atom stereocenters. The van der Waals surface area contributed by atoms with Crippen molar-refractivity contribution in [2.45, 2.75) is 6.54 Å². The summed E-state index contributed by atoms with van der Waals surface area (Å²) in [5, 5.41) is 2.95. The topological polar surface area (TPSA) is 49.4 Å². The molecule has 0 heterocycles. The Morgan fingerprint density at radius 3 is 2.38 bits per heavy atom. The number of rotatable bonds is 6. The van der Waals surface area contributed by atoms with E-state index < -0.39 is 10.0 Å². The lowest BCUT2D eigenvalue weighted by molar-refractivity contribution is 0.408. The highest BCUT2D eigenvalue weighted by atomic mass is 32.2. The van der Waals surface area contributed by atoms with Gasteiger partial charge in [0.05, 0.1) is 6.26 Å². The standard InChI is InChI=1S/C11H18N2O2S/c1-12-8-9-13(16(2,14)15)10-11-6-4-3-5-7-11/h3-7,12H,8-10H2,1-2H3. The van der Waals surface area contributed by atoms with Crippen LogP contribution in [0.25, 0.3) is 0 Å². The number of hydrogen-bond acceptors (Lipinski definition) is 3. The zero-order valence-electron chi connectivity index (χ0n) is 9.68. The summed E-state index contributed by atoms with van der Waals surface area (Å²) in [6, 6.07) is 9.60. The van der Waals surface area contributed by atoms with Gasteiger partial charge in [-0.1, -0.05) is 30.3 Å². The summed E-state index contributed by atoms with van der Waals surface area (Å²) in [6.07, 6.45) is 1.24. The number of likely N-dealkylation sites (N-methyl/N-ethyl adjacent to an activating group) is 1. The van der Waals surface area contributed by atoms with Gasteiger partial charge in [0, 0.05) is 19.6 Å². The van der Waals surface area contributed by atoms with Crippen LogP contribution in [0.2, 0.25) is 0 Å². The number of sulfonamides is 1. The van der Waals surface area contributed by atoms with Crippen molar-refractivity contribution in [3.05, 3.63) is 35.9 Å². The molecule has 0 saturated carbocycles. The van der Waals surface area contributed by atoms with Crippen LogP contribution in [0.1, 0.15) is 5.56 Å². The van der Waals surface area contributed by atoms with E-state index in [9.17, 15) is 8.42 Å². The average Bonchev–Trinajstić information content (AvgIpc) is 2.24. The molecule has 0 aliphatic carbocycles. The maximum Gasteiger partial charge on any atom is 0.211 e. The third-order valence-corrected chi connectivity index (χ3v) is 3.53. The van der Waals surface area contributed by atoms with Crippen molar-refractivity contribution in [3.63, 3.8) is 0 Å². The number of benzene rings is 1. The van der Waals surface area contributed by atoms with Crippen molar-refractivity contribution in [1.82, 2.24) is 9.62 Å². The third-order valence-electron chi connectivity index (χ3n) is 2.28. The van der Waals surface area contributed by atoms with E-state index in [0.717, 1.165) is 5.56 Å². The Hall–Kier alpha value is -0.910. The van der Waals surface area contributed by atoms with Crippen LogP contribution < -0.4 is 5.32 Å². The minimum absolute atomic E-state index is 0.432. The zero-order valence-corrected chi connectivity index (χ0v) is 10.5. The molecule has 1 N–H and O–H groups in total. The van der Waals surface area contributed by atoms with Gasteiger partial charge in [0.15, 0.2) is 0 Å². The monoisotopic (exact) mass is 242 g/mol. The van der Waals surface area contributed by atoms with Crippen molar-refractivity contribution in [2.24, 2.45) is 0 Å². The highest BCUT2D eigenvalue weighted by molar-refractivity contribution is 7.88. The van der Waals surface area contributed by atoms with Crippen LogP contribution in [0.3, 0.4) is 0 Å². The van der Waals surface area contributed by atoms with Gasteiger partial charge < -0.3 is 5.32 Å². The number of nitrogens with zero attached hydrogens (tertiary/aromatic N) is 1. The van der Waals surface area contributed by atoms with Crippen LogP contribution >= 0.6 is 0 Å². The summed E-state index contributed by atoms with van der Waals surface area (Å²) in [7, 11) is -1.33. The van der Waals surface area contributed by atoms with Crippen LogP contribution in [0, 0.1) is 0 Å². The van der Waals surface area contributed by atoms with Gasteiger partial charge in [-0.15, -0.1) is 0 Å². The normalized spacial score (nSPS) is 11.9. The molecule has 1 aromatic carbocycles. The summed E-state index contributed by atoms with van der Waals surface area (Å²) >= 11 is 0. The largest absolute Gasteiger partial charge is 0.318 e. The lowest BCUT2D eigenvalue weighted by atomic mass is 10.2. The van der Waals surface area contributed by atoms with Gasteiger partial charge in [0.25, 0.3) is 0 Å². The summed E-state index contributed by atoms with van der Waals surface area (Å²) in [5.41, 5.74) is 1.00. The van der Waals surface area contributed by atoms with Crippen molar-refractivity contribution >= 4 is 10.0 Å². The summed E-state index contributed by atoms with van der Waals surface area (Å²) < 4.78 is 24.6. The quantitative estimate of drug-likeness (QED) is 0.797. The van der Waals surface area contributed by atoms with Gasteiger partial charge in [-0.3, -0.25) is 0 Å². The molecule has 0 saturated heterocycles. The fourth-order valence-electron chi connectivity index (χ4n) is 1.39. The molecular weight excluding hydrogens is 224 g/mol. The van der Waals surface area contributed by atoms with Gasteiger partial charge in [0.2, 0.25) is 10.0 Å². The molecule has 5 heteroatoms. The van der Waals surface area contributed by atoms with E-state index in [1.807, 2.05) is 37.4 Å². The summed E-state index contributed by atoms with van der Waals surface area (Å²) in [4.78, 5) is 0. The van der Waals surface area contributed by atoms with Gasteiger partial charge in [-0.05, 0) is 12.6 Å². The molecule has 0 radical (unpaired) electrons. The molecule has 4 nitrogen and oxygen atoms in total. The molecule has 0 aliphatic heterocycles. The Kier molecular flexibility index (Phi) is 4.92. The molecule has 0 bridgehead atoms. The van der Waals surface area contributed by atoms with Gasteiger partial charge in [-0.2, -0.15) is 4.31 Å². The lowest BCUT2D eigenvalue weighted by Gasteiger charge is -2.19. The maximum absolute atomic E-state index is 11.5. The minimum atomic E-state index is -3.14. The summed E-state index contributed by atoms with van der Waals surface area (Å²) in [6.45, 7) is 1.57. The number of hydrogen-bond donors (Lipinski definition) is 1. The fraction of sp³-hybridized carbons (Fsp3) is 0.455. The average molecular weight is 242 g/mol. The first-order valence-corrected chi connectivity index (χ1v) is 7.02. The van der Waals surface area contributed by atoms with Crippen LogP contribution in [-0.4, -0.2) is 39.1 Å². The second-order valence-corrected chi connectivity index (χ2v) is 5.67. The van der Waals surface area contributed by atoms with E-state index in [-0.39, 0.29) is 0 Å². The highest BCUT2D eigenvalue weighted by Gasteiger charge is 2.15. The zero-order chi connectivity index (χ0) is 12.0. The van der Waals surface area contributed by atoms with Crippen LogP contribution in [0.4, 0.5) is 0 Å². The minimum Gasteiger partial charge on any atom is -0.318 e. The molecule has 0 aromatic heterocycles. The second kappa shape index (κ2) is 5.98. The third kappa shape index (κ3) is 4.30. The smallest absolute Gasteiger partial charge is 0.211 e. The molecule has 0 amide bonds. The maximum atomic E-state index is 11.5. The van der Waals surface area contributed by atoms with E-state index in [0.29, 0.717) is 19.6 Å². The molecule has 0 unspecified atom stereocenters. The first kappa shape index (κ1) is 13.2. The molecule has 0 aliphatic rings. The molecule has 16 heavy (non-hydrogen) atoms. The fourth-order valence-corrected chi connectivity index (χ4v) is 2.19. The van der Waals surface area contributed by atoms with E-state index in [1.54, 1.807) is 0 Å². The second-order valence-electron chi connectivity index (χ2n) is 3.69. The van der Waals surface area contributed by atoms with Crippen LogP contribution in [-0.2, 0) is 16.6 Å². The Morgan fingerprint density at radius 2 is 1.88 bits per heavy atom. The molecule has 90 valence electrons. The van der Waals surface area contributed by atoms with Crippen LogP contribution in [0.5, 0.6) is 0 Å². The Labute approximate surface area is 97.3 Å². The molecule has 0 fully saturated rings. The predicted molar refractivity (Wildman–Crippen MR) is 65.6 cm³/mol. The van der Waals surface area contributed by atoms with Crippen molar-refractivity contribution in [2.75, 3.05) is 26.4 Å². The first-order valence-electron chi connectivity index (χ1n) is 5.17. The Bertz CT molecular complexity index is 403. The van der Waals surface area contributed by atoms with Crippen molar-refractivity contribution in [1.29, 1.82) is 0 Å². The van der Waals surface area contributed by atoms with Crippen molar-refractivity contribution < 1.29 is 8.42 Å². The Morgan fingerprint density at radius 1 is 1.25 bits per heavy atom. The molecule has 1 rings (SSSR count). The number of nitrogens with one attached hydrogen (secondary N) is 1. The molecular formula is C11H18N2O2S.